The van der Waals surface area contributed by atoms with Gasteiger partial charge in [0, 0.05) is 6.42 Å². The Morgan fingerprint density at radius 2 is 0.620 bits per heavy atom. The van der Waals surface area contributed by atoms with Gasteiger partial charge in [0.05, 0.1) is 13.1 Å². The molecule has 0 spiro atoms. The van der Waals surface area contributed by atoms with Crippen LogP contribution in [0.15, 0.2) is 12.4 Å². The maximum atomic E-state index is 2.65. The zero-order valence-electron chi connectivity index (χ0n) is 35.2. The van der Waals surface area contributed by atoms with Crippen molar-refractivity contribution in [3.05, 3.63) is 18.2 Å². The van der Waals surface area contributed by atoms with E-state index in [-0.39, 0.29) is 0 Å². The molecule has 0 aliphatic rings. The van der Waals surface area contributed by atoms with Crippen LogP contribution in [0.5, 0.6) is 0 Å². The first-order valence-electron chi connectivity index (χ1n) is 23.9. The average molecular weight is 700 g/mol. The second-order valence-electron chi connectivity index (χ2n) is 16.6. The van der Waals surface area contributed by atoms with Crippen LogP contribution < -0.4 is 4.57 Å². The molecule has 0 aliphatic heterocycles. The second-order valence-corrected chi connectivity index (χ2v) is 16.6. The number of hydrogen-bond donors (Lipinski definition) is 0. The van der Waals surface area contributed by atoms with Crippen molar-refractivity contribution in [1.29, 1.82) is 0 Å². The Labute approximate surface area is 317 Å². The molecule has 50 heavy (non-hydrogen) atoms. The van der Waals surface area contributed by atoms with Gasteiger partial charge < -0.3 is 0 Å². The van der Waals surface area contributed by atoms with E-state index in [2.05, 4.69) is 42.3 Å². The smallest absolute Gasteiger partial charge is 0.234 e. The summed E-state index contributed by atoms with van der Waals surface area (Å²) in [6.07, 6.45) is 62.3. The fourth-order valence-corrected chi connectivity index (χ4v) is 8.09. The predicted molar refractivity (Wildman–Crippen MR) is 225 cm³/mol. The first-order chi connectivity index (χ1) is 24.8. The summed E-state index contributed by atoms with van der Waals surface area (Å²) in [7, 11) is 0. The van der Waals surface area contributed by atoms with Gasteiger partial charge in [0.1, 0.15) is 12.4 Å². The molecule has 0 saturated heterocycles. The van der Waals surface area contributed by atoms with Crippen molar-refractivity contribution in [2.24, 2.45) is 0 Å². The van der Waals surface area contributed by atoms with Crippen LogP contribution in [0.3, 0.4) is 0 Å². The van der Waals surface area contributed by atoms with Gasteiger partial charge in [-0.1, -0.05) is 239 Å². The minimum Gasteiger partial charge on any atom is -0.234 e. The minimum absolute atomic E-state index is 1.23. The van der Waals surface area contributed by atoms with Gasteiger partial charge in [-0.2, -0.15) is 0 Å². The molecule has 1 heterocycles. The Bertz CT molecular complexity index is 766. The lowest BCUT2D eigenvalue weighted by molar-refractivity contribution is -0.704. The Balaban J connectivity index is 2.16. The van der Waals surface area contributed by atoms with Crippen molar-refractivity contribution in [1.82, 2.24) is 4.57 Å². The largest absolute Gasteiger partial charge is 0.256 e. The molecule has 2 heteroatoms. The van der Waals surface area contributed by atoms with Crippen molar-refractivity contribution in [2.75, 3.05) is 0 Å². The van der Waals surface area contributed by atoms with Crippen LogP contribution in [-0.4, -0.2) is 4.57 Å². The van der Waals surface area contributed by atoms with Crippen LogP contribution in [0.4, 0.5) is 0 Å². The summed E-state index contributed by atoms with van der Waals surface area (Å²) in [5, 5.41) is 0. The summed E-state index contributed by atoms with van der Waals surface area (Å²) in [5.74, 6) is 1.63. The molecule has 2 nitrogen and oxygen atoms in total. The van der Waals surface area contributed by atoms with Gasteiger partial charge in [0.15, 0.2) is 0 Å². The monoisotopic (exact) mass is 700 g/mol. The summed E-state index contributed by atoms with van der Waals surface area (Å²) in [6, 6.07) is 0. The van der Waals surface area contributed by atoms with E-state index in [4.69, 9.17) is 0 Å². The summed E-state index contributed by atoms with van der Waals surface area (Å²) in [6.45, 7) is 9.41. The van der Waals surface area contributed by atoms with Gasteiger partial charge in [0.2, 0.25) is 0 Å². The molecular weight excluding hydrogens is 605 g/mol. The molecule has 1 aromatic heterocycles. The molecular formula is C48H95N2+. The highest BCUT2D eigenvalue weighted by molar-refractivity contribution is 4.84. The molecule has 0 aromatic carbocycles. The number of aromatic nitrogens is 2. The van der Waals surface area contributed by atoms with Crippen molar-refractivity contribution in [2.45, 2.75) is 291 Å². The lowest BCUT2D eigenvalue weighted by atomic mass is 10.0. The van der Waals surface area contributed by atoms with E-state index in [1.807, 2.05) is 0 Å². The third kappa shape index (κ3) is 30.8. The topological polar surface area (TPSA) is 8.81 Å². The van der Waals surface area contributed by atoms with E-state index in [1.54, 1.807) is 5.82 Å². The van der Waals surface area contributed by atoms with Crippen LogP contribution in [0.2, 0.25) is 0 Å². The van der Waals surface area contributed by atoms with E-state index in [9.17, 15) is 0 Å². The summed E-state index contributed by atoms with van der Waals surface area (Å²) in [5.41, 5.74) is 0. The van der Waals surface area contributed by atoms with Gasteiger partial charge in [-0.15, -0.1) is 0 Å². The number of imidazole rings is 1. The lowest BCUT2D eigenvalue weighted by Gasteiger charge is -2.07. The molecule has 1 rings (SSSR count). The van der Waals surface area contributed by atoms with Crippen molar-refractivity contribution >= 4 is 0 Å². The molecule has 0 saturated carbocycles. The highest BCUT2D eigenvalue weighted by atomic mass is 15.1. The van der Waals surface area contributed by atoms with Gasteiger partial charge in [-0.05, 0) is 32.1 Å². The zero-order chi connectivity index (χ0) is 35.8. The second kappa shape index (κ2) is 39.4. The van der Waals surface area contributed by atoms with Gasteiger partial charge >= 0.3 is 0 Å². The molecule has 0 amide bonds. The molecule has 0 N–H and O–H groups in total. The van der Waals surface area contributed by atoms with Crippen LogP contribution in [-0.2, 0) is 19.5 Å². The van der Waals surface area contributed by atoms with Gasteiger partial charge in [-0.3, -0.25) is 0 Å². The molecule has 296 valence electrons. The first kappa shape index (κ1) is 47.2. The fraction of sp³-hybridized carbons (Fsp3) is 0.938. The molecule has 0 bridgehead atoms. The molecule has 0 atom stereocenters. The number of hydrogen-bond acceptors (Lipinski definition) is 0. The van der Waals surface area contributed by atoms with E-state index in [0.717, 1.165) is 0 Å². The molecule has 0 radical (unpaired) electrons. The lowest BCUT2D eigenvalue weighted by Crippen LogP contribution is -2.37. The van der Waals surface area contributed by atoms with E-state index in [0.29, 0.717) is 0 Å². The Kier molecular flexibility index (Phi) is 37.2. The maximum absolute atomic E-state index is 2.65. The number of nitrogens with zero attached hydrogens (tertiary/aromatic N) is 2. The molecule has 0 fully saturated rings. The Morgan fingerprint density at radius 3 is 0.960 bits per heavy atom. The third-order valence-electron chi connectivity index (χ3n) is 11.6. The number of rotatable bonds is 42. The standard InChI is InChI=1S/C48H95N2/c1-4-7-10-13-16-18-20-22-24-26-28-30-32-34-36-39-42-45-50-47-46-49(44-41-38-15-12-9-6-3)48(50)43-40-37-35-33-31-29-27-25-23-21-19-17-14-11-8-5-2/h46-47H,4-45H2,1-3H3/q+1. The highest BCUT2D eigenvalue weighted by Gasteiger charge is 2.16. The normalized spacial score (nSPS) is 11.7. The molecule has 0 unspecified atom stereocenters. The molecule has 0 aliphatic carbocycles. The highest BCUT2D eigenvalue weighted by Crippen LogP contribution is 2.17. The van der Waals surface area contributed by atoms with E-state index in [1.165, 1.54) is 270 Å². The zero-order valence-corrected chi connectivity index (χ0v) is 35.2. The third-order valence-corrected chi connectivity index (χ3v) is 11.6. The van der Waals surface area contributed by atoms with Crippen molar-refractivity contribution in [3.63, 3.8) is 0 Å². The molecule has 1 aromatic rings. The van der Waals surface area contributed by atoms with Crippen molar-refractivity contribution < 1.29 is 4.57 Å². The average Bonchev–Trinajstić information content (AvgIpc) is 3.51. The van der Waals surface area contributed by atoms with E-state index >= 15 is 0 Å². The summed E-state index contributed by atoms with van der Waals surface area (Å²) in [4.78, 5) is 0. The Hall–Kier alpha value is -0.790. The van der Waals surface area contributed by atoms with Gasteiger partial charge in [0.25, 0.3) is 5.82 Å². The number of unbranched alkanes of at least 4 members (excludes halogenated alkanes) is 36. The summed E-state index contributed by atoms with van der Waals surface area (Å²) < 4.78 is 5.28. The minimum atomic E-state index is 1.23. The van der Waals surface area contributed by atoms with Crippen LogP contribution in [0.25, 0.3) is 0 Å². The SMILES string of the molecule is CCCCCCCCCCCCCCCCCCC[n+]1ccn(CCCCCCCC)c1CCCCCCCCCCCCCCCCCC. The van der Waals surface area contributed by atoms with E-state index < -0.39 is 0 Å². The van der Waals surface area contributed by atoms with Crippen LogP contribution >= 0.6 is 0 Å². The van der Waals surface area contributed by atoms with Gasteiger partial charge in [-0.25, -0.2) is 9.13 Å². The fourth-order valence-electron chi connectivity index (χ4n) is 8.09. The quantitative estimate of drug-likeness (QED) is 0.0474. The van der Waals surface area contributed by atoms with Crippen LogP contribution in [0.1, 0.15) is 277 Å². The summed E-state index contributed by atoms with van der Waals surface area (Å²) >= 11 is 0. The Morgan fingerprint density at radius 1 is 0.340 bits per heavy atom. The van der Waals surface area contributed by atoms with Crippen molar-refractivity contribution in [3.8, 4) is 0 Å². The van der Waals surface area contributed by atoms with Crippen LogP contribution in [0, 0.1) is 0 Å². The predicted octanol–water partition coefficient (Wildman–Crippen LogP) is 16.6. The first-order valence-corrected chi connectivity index (χ1v) is 23.9. The maximum Gasteiger partial charge on any atom is 0.256 e. The number of aryl methyl sites for hydroxylation is 2.